The number of hydrogen-bond acceptors (Lipinski definition) is 5. The predicted octanol–water partition coefficient (Wildman–Crippen LogP) is 5.95. The number of anilines is 2. The van der Waals surface area contributed by atoms with Crippen molar-refractivity contribution in [2.75, 3.05) is 17.2 Å². The lowest BCUT2D eigenvalue weighted by molar-refractivity contribution is 0.0781. The molecule has 4 amide bonds. The summed E-state index contributed by atoms with van der Waals surface area (Å²) in [6.45, 7) is 8.00. The van der Waals surface area contributed by atoms with Crippen LogP contribution in [0.2, 0.25) is 0 Å². The van der Waals surface area contributed by atoms with Gasteiger partial charge >= 0.3 is 12.1 Å². The molecular weight excluding hydrogens is 482 g/mol. The molecule has 1 aliphatic rings. The summed E-state index contributed by atoms with van der Waals surface area (Å²) < 4.78 is 6.60. The second-order valence-electron chi connectivity index (χ2n) is 10.3. The number of ether oxygens (including phenoxy) is 1. The van der Waals surface area contributed by atoms with Crippen LogP contribution in [0.1, 0.15) is 43.7 Å². The van der Waals surface area contributed by atoms with Gasteiger partial charge in [0.1, 0.15) is 12.4 Å². The third-order valence-corrected chi connectivity index (χ3v) is 6.40. The third kappa shape index (κ3) is 4.82. The van der Waals surface area contributed by atoms with Crippen LogP contribution in [0.15, 0.2) is 72.8 Å². The number of carbonyl (C=O) groups is 3. The van der Waals surface area contributed by atoms with Crippen molar-refractivity contribution in [3.05, 3.63) is 84.1 Å². The summed E-state index contributed by atoms with van der Waals surface area (Å²) >= 11 is 0. The maximum atomic E-state index is 13.1. The Hall–Kier alpha value is -4.66. The van der Waals surface area contributed by atoms with Crippen LogP contribution in [0.4, 0.5) is 21.1 Å². The van der Waals surface area contributed by atoms with Gasteiger partial charge in [-0.1, -0.05) is 63.2 Å². The Labute approximate surface area is 220 Å². The van der Waals surface area contributed by atoms with Crippen molar-refractivity contribution in [3.8, 4) is 5.69 Å². The van der Waals surface area contributed by atoms with Crippen molar-refractivity contribution in [1.29, 1.82) is 0 Å². The molecule has 0 spiro atoms. The van der Waals surface area contributed by atoms with E-state index in [9.17, 15) is 14.4 Å². The molecule has 1 atom stereocenters. The predicted molar refractivity (Wildman–Crippen MR) is 146 cm³/mol. The molecule has 1 saturated heterocycles. The van der Waals surface area contributed by atoms with Crippen LogP contribution in [-0.4, -0.2) is 45.4 Å². The van der Waals surface area contributed by atoms with Gasteiger partial charge in [0.25, 0.3) is 5.91 Å². The van der Waals surface area contributed by atoms with Crippen LogP contribution in [0.3, 0.4) is 0 Å². The highest BCUT2D eigenvalue weighted by atomic mass is 16.6. The first kappa shape index (κ1) is 25.0. The smallest absolute Gasteiger partial charge is 0.417 e. The van der Waals surface area contributed by atoms with Crippen LogP contribution in [-0.2, 0) is 10.2 Å². The van der Waals surface area contributed by atoms with Gasteiger partial charge in [-0.25, -0.2) is 19.2 Å². The van der Waals surface area contributed by atoms with Gasteiger partial charge in [0, 0.05) is 22.4 Å². The quantitative estimate of drug-likeness (QED) is 0.352. The molecule has 9 nitrogen and oxygen atoms in total. The Bertz CT molecular complexity index is 1550. The van der Waals surface area contributed by atoms with Gasteiger partial charge in [0.05, 0.1) is 23.1 Å². The molecule has 5 rings (SSSR count). The van der Waals surface area contributed by atoms with Crippen molar-refractivity contribution in [1.82, 2.24) is 14.7 Å². The molecule has 2 heterocycles. The second-order valence-corrected chi connectivity index (χ2v) is 10.3. The van der Waals surface area contributed by atoms with Gasteiger partial charge in [-0.2, -0.15) is 5.10 Å². The highest BCUT2D eigenvalue weighted by Crippen LogP contribution is 2.28. The fourth-order valence-corrected chi connectivity index (χ4v) is 4.35. The minimum absolute atomic E-state index is 0.165. The zero-order valence-electron chi connectivity index (χ0n) is 21.7. The zero-order valence-corrected chi connectivity index (χ0v) is 21.7. The van der Waals surface area contributed by atoms with E-state index in [0.717, 1.165) is 21.4 Å². The summed E-state index contributed by atoms with van der Waals surface area (Å²) in [5.74, 6) is -0.0144. The van der Waals surface area contributed by atoms with Crippen LogP contribution in [0, 0.1) is 0 Å². The molecule has 0 aliphatic carbocycles. The average molecular weight is 512 g/mol. The number of rotatable bonds is 4. The number of aromatic nitrogens is 2. The molecule has 9 heteroatoms. The van der Waals surface area contributed by atoms with Gasteiger partial charge in [-0.3, -0.25) is 10.1 Å². The highest BCUT2D eigenvalue weighted by molar-refractivity contribution is 6.06. The summed E-state index contributed by atoms with van der Waals surface area (Å²) in [4.78, 5) is 39.4. The minimum Gasteiger partial charge on any atom is -0.447 e. The van der Waals surface area contributed by atoms with Crippen molar-refractivity contribution >= 4 is 40.3 Å². The number of amides is 4. The lowest BCUT2D eigenvalue weighted by Crippen LogP contribution is -2.37. The SMILES string of the molecule is C[C@H]1COC(=O)N1C(=O)c1cccc(-n2nc(C(C)(C)C)cc2NC(=O)Nc2cccc3ccccc23)c1. The number of carbonyl (C=O) groups excluding carboxylic acids is 3. The van der Waals surface area contributed by atoms with Crippen LogP contribution in [0.25, 0.3) is 16.5 Å². The molecule has 194 valence electrons. The van der Waals surface area contributed by atoms with Crippen molar-refractivity contribution in [2.45, 2.75) is 39.2 Å². The van der Waals surface area contributed by atoms with E-state index >= 15 is 0 Å². The summed E-state index contributed by atoms with van der Waals surface area (Å²) in [6, 6.07) is 21.4. The van der Waals surface area contributed by atoms with Gasteiger partial charge in [0.2, 0.25) is 0 Å². The number of hydrogen-bond donors (Lipinski definition) is 2. The largest absolute Gasteiger partial charge is 0.447 e. The van der Waals surface area contributed by atoms with Gasteiger partial charge in [-0.05, 0) is 36.6 Å². The fraction of sp³-hybridized carbons (Fsp3) is 0.241. The molecular formula is C29H29N5O4. The number of nitrogens with zero attached hydrogens (tertiary/aromatic N) is 3. The molecule has 0 radical (unpaired) electrons. The Morgan fingerprint density at radius 2 is 1.71 bits per heavy atom. The Morgan fingerprint density at radius 1 is 0.974 bits per heavy atom. The summed E-state index contributed by atoms with van der Waals surface area (Å²) in [6.07, 6.45) is -0.658. The highest BCUT2D eigenvalue weighted by Gasteiger charge is 2.35. The molecule has 38 heavy (non-hydrogen) atoms. The Balaban J connectivity index is 1.46. The first-order chi connectivity index (χ1) is 18.1. The van der Waals surface area contributed by atoms with E-state index in [1.54, 1.807) is 35.9 Å². The van der Waals surface area contributed by atoms with Gasteiger partial charge in [-0.15, -0.1) is 0 Å². The van der Waals surface area contributed by atoms with E-state index in [1.165, 1.54) is 0 Å². The monoisotopic (exact) mass is 511 g/mol. The van der Waals surface area contributed by atoms with Crippen molar-refractivity contribution in [2.24, 2.45) is 0 Å². The Morgan fingerprint density at radius 3 is 2.45 bits per heavy atom. The number of cyclic esters (lactones) is 1. The minimum atomic E-state index is -0.658. The van der Waals surface area contributed by atoms with Crippen LogP contribution >= 0.6 is 0 Å². The number of nitrogens with one attached hydrogen (secondary N) is 2. The number of imide groups is 1. The van der Waals surface area contributed by atoms with Gasteiger partial charge in [0.15, 0.2) is 0 Å². The molecule has 0 saturated carbocycles. The topological polar surface area (TPSA) is 106 Å². The van der Waals surface area contributed by atoms with E-state index < -0.39 is 18.0 Å². The fourth-order valence-electron chi connectivity index (χ4n) is 4.35. The molecule has 1 aromatic heterocycles. The summed E-state index contributed by atoms with van der Waals surface area (Å²) in [5.41, 5.74) is 2.02. The van der Waals surface area contributed by atoms with E-state index in [2.05, 4.69) is 10.6 Å². The number of urea groups is 1. The van der Waals surface area contributed by atoms with Gasteiger partial charge < -0.3 is 10.1 Å². The molecule has 2 N–H and O–H groups in total. The van der Waals surface area contributed by atoms with Crippen molar-refractivity contribution < 1.29 is 19.1 Å². The molecule has 4 aromatic rings. The molecule has 0 bridgehead atoms. The molecule has 1 fully saturated rings. The van der Waals surface area contributed by atoms with E-state index in [-0.39, 0.29) is 18.1 Å². The van der Waals surface area contributed by atoms with Crippen LogP contribution < -0.4 is 10.6 Å². The number of fused-ring (bicyclic) bond motifs is 1. The van der Waals surface area contributed by atoms with E-state index in [1.807, 2.05) is 69.3 Å². The number of benzene rings is 3. The lowest BCUT2D eigenvalue weighted by atomic mass is 9.92. The summed E-state index contributed by atoms with van der Waals surface area (Å²) in [7, 11) is 0. The lowest BCUT2D eigenvalue weighted by Gasteiger charge is -2.17. The first-order valence-electron chi connectivity index (χ1n) is 12.4. The molecule has 0 unspecified atom stereocenters. The van der Waals surface area contributed by atoms with E-state index in [0.29, 0.717) is 22.8 Å². The zero-order chi connectivity index (χ0) is 27.0. The Kier molecular flexibility index (Phi) is 6.36. The maximum absolute atomic E-state index is 13.1. The summed E-state index contributed by atoms with van der Waals surface area (Å²) in [5, 5.41) is 12.5. The van der Waals surface area contributed by atoms with Crippen LogP contribution in [0.5, 0.6) is 0 Å². The first-order valence-corrected chi connectivity index (χ1v) is 12.4. The third-order valence-electron chi connectivity index (χ3n) is 6.40. The second kappa shape index (κ2) is 9.66. The van der Waals surface area contributed by atoms with Crippen molar-refractivity contribution in [3.63, 3.8) is 0 Å². The van der Waals surface area contributed by atoms with E-state index in [4.69, 9.17) is 9.84 Å². The molecule has 1 aliphatic heterocycles. The molecule has 3 aromatic carbocycles. The average Bonchev–Trinajstić information content (AvgIpc) is 3.46. The maximum Gasteiger partial charge on any atom is 0.417 e. The standard InChI is InChI=1S/C29H29N5O4/c1-18-17-38-28(37)33(18)26(35)20-11-7-12-21(15-20)34-25(16-24(32-34)29(2,3)4)31-27(36)30-23-14-8-10-19-9-5-6-13-22(19)23/h5-16,18H,17H2,1-4H3,(H2,30,31,36)/t18-/m0/s1. The normalized spacial score (nSPS) is 15.4.